The maximum Gasteiger partial charge on any atom is 0.228 e. The normalized spacial score (nSPS) is 29.0. The topological polar surface area (TPSA) is 58.6 Å². The molecule has 0 radical (unpaired) electrons. The van der Waals surface area contributed by atoms with Gasteiger partial charge < -0.3 is 15.0 Å². The number of ether oxygens (including phenoxy) is 1. The second kappa shape index (κ2) is 6.20. The van der Waals surface area contributed by atoms with Gasteiger partial charge in [0.25, 0.3) is 0 Å². The van der Waals surface area contributed by atoms with Gasteiger partial charge in [-0.2, -0.15) is 0 Å². The van der Waals surface area contributed by atoms with Crippen LogP contribution < -0.4 is 5.32 Å². The number of hydrogen-bond donors (Lipinski definition) is 1. The number of nitrogens with zero attached hydrogens (tertiary/aromatic N) is 1. The molecule has 5 nitrogen and oxygen atoms in total. The van der Waals surface area contributed by atoms with Crippen molar-refractivity contribution in [1.82, 2.24) is 10.2 Å². The van der Waals surface area contributed by atoms with E-state index >= 15 is 0 Å². The number of carbonyl (C=O) groups is 2. The van der Waals surface area contributed by atoms with Crippen molar-refractivity contribution in [3.8, 4) is 0 Å². The summed E-state index contributed by atoms with van der Waals surface area (Å²) in [6.45, 7) is 3.28. The fourth-order valence-corrected chi connectivity index (χ4v) is 4.54. The summed E-state index contributed by atoms with van der Waals surface area (Å²) in [5, 5.41) is 3.07. The smallest absolute Gasteiger partial charge is 0.228 e. The lowest BCUT2D eigenvalue weighted by Crippen LogP contribution is -2.49. The van der Waals surface area contributed by atoms with Crippen LogP contribution in [0.2, 0.25) is 0 Å². The third-order valence-corrected chi connectivity index (χ3v) is 6.03. The SMILES string of the molecule is O=C([C@H]1CCOC1)N1CCC2(CC1)C(=O)NC[C@@H]2c1ccccc1. The van der Waals surface area contributed by atoms with Crippen LogP contribution in [0.5, 0.6) is 0 Å². The van der Waals surface area contributed by atoms with Crippen LogP contribution >= 0.6 is 0 Å². The minimum Gasteiger partial charge on any atom is -0.381 e. The molecule has 128 valence electrons. The molecule has 3 heterocycles. The minimum absolute atomic E-state index is 0.0152. The molecule has 3 saturated heterocycles. The molecule has 0 unspecified atom stereocenters. The van der Waals surface area contributed by atoms with Crippen molar-refractivity contribution in [2.24, 2.45) is 11.3 Å². The molecule has 5 heteroatoms. The summed E-state index contributed by atoms with van der Waals surface area (Å²) in [6.07, 6.45) is 2.32. The summed E-state index contributed by atoms with van der Waals surface area (Å²) in [7, 11) is 0. The first kappa shape index (κ1) is 15.6. The molecule has 0 bridgehead atoms. The van der Waals surface area contributed by atoms with Crippen LogP contribution in [0.1, 0.15) is 30.7 Å². The zero-order chi connectivity index (χ0) is 16.6. The molecule has 2 amide bonds. The fraction of sp³-hybridized carbons (Fsp3) is 0.579. The van der Waals surface area contributed by atoms with Crippen molar-refractivity contribution in [2.45, 2.75) is 25.2 Å². The lowest BCUT2D eigenvalue weighted by atomic mass is 9.68. The highest BCUT2D eigenvalue weighted by Crippen LogP contribution is 2.47. The van der Waals surface area contributed by atoms with E-state index in [1.807, 2.05) is 23.1 Å². The third kappa shape index (κ3) is 2.51. The highest BCUT2D eigenvalue weighted by Gasteiger charge is 2.52. The van der Waals surface area contributed by atoms with Crippen LogP contribution in [-0.4, -0.2) is 49.6 Å². The lowest BCUT2D eigenvalue weighted by molar-refractivity contribution is -0.141. The number of piperidine rings is 1. The van der Waals surface area contributed by atoms with Crippen LogP contribution in [0.25, 0.3) is 0 Å². The second-order valence-corrected chi connectivity index (χ2v) is 7.22. The van der Waals surface area contributed by atoms with Crippen LogP contribution in [-0.2, 0) is 14.3 Å². The van der Waals surface area contributed by atoms with Gasteiger partial charge in [0, 0.05) is 32.2 Å². The molecule has 1 spiro atoms. The Morgan fingerprint density at radius 3 is 2.62 bits per heavy atom. The first-order chi connectivity index (χ1) is 11.7. The molecule has 24 heavy (non-hydrogen) atoms. The molecule has 3 aliphatic heterocycles. The summed E-state index contributed by atoms with van der Waals surface area (Å²) in [6, 6.07) is 10.3. The maximum absolute atomic E-state index is 12.6. The number of carbonyl (C=O) groups excluding carboxylic acids is 2. The van der Waals surface area contributed by atoms with Gasteiger partial charge in [0.2, 0.25) is 11.8 Å². The zero-order valence-electron chi connectivity index (χ0n) is 13.9. The van der Waals surface area contributed by atoms with Crippen LogP contribution in [0, 0.1) is 11.3 Å². The minimum atomic E-state index is -0.357. The van der Waals surface area contributed by atoms with Gasteiger partial charge in [-0.05, 0) is 24.8 Å². The molecule has 4 rings (SSSR count). The van der Waals surface area contributed by atoms with Crippen LogP contribution in [0.3, 0.4) is 0 Å². The molecule has 0 saturated carbocycles. The summed E-state index contributed by atoms with van der Waals surface area (Å²) in [5.74, 6) is 0.587. The Hall–Kier alpha value is -1.88. The average molecular weight is 328 g/mol. The number of rotatable bonds is 2. The fourth-order valence-electron chi connectivity index (χ4n) is 4.54. The largest absolute Gasteiger partial charge is 0.381 e. The van der Waals surface area contributed by atoms with Crippen molar-refractivity contribution in [1.29, 1.82) is 0 Å². The van der Waals surface area contributed by atoms with E-state index < -0.39 is 0 Å². The number of nitrogens with one attached hydrogen (secondary N) is 1. The first-order valence-corrected chi connectivity index (χ1v) is 8.90. The van der Waals surface area contributed by atoms with Crippen LogP contribution in [0.15, 0.2) is 30.3 Å². The van der Waals surface area contributed by atoms with Gasteiger partial charge in [-0.1, -0.05) is 30.3 Å². The molecule has 2 atom stereocenters. The quantitative estimate of drug-likeness (QED) is 0.896. The molecular formula is C19H24N2O3. The predicted octanol–water partition coefficient (Wildman–Crippen LogP) is 1.55. The van der Waals surface area contributed by atoms with E-state index in [0.717, 1.165) is 19.3 Å². The number of likely N-dealkylation sites (tertiary alicyclic amines) is 1. The van der Waals surface area contributed by atoms with Crippen molar-refractivity contribution < 1.29 is 14.3 Å². The Morgan fingerprint density at radius 2 is 1.96 bits per heavy atom. The van der Waals surface area contributed by atoms with E-state index in [-0.39, 0.29) is 29.1 Å². The lowest BCUT2D eigenvalue weighted by Gasteiger charge is -2.41. The van der Waals surface area contributed by atoms with Crippen molar-refractivity contribution in [3.05, 3.63) is 35.9 Å². The van der Waals surface area contributed by atoms with Crippen molar-refractivity contribution in [3.63, 3.8) is 0 Å². The molecule has 3 fully saturated rings. The standard InChI is InChI=1S/C19H24N2O3/c22-17(15-6-11-24-13-15)21-9-7-19(8-10-21)16(12-20-18(19)23)14-4-2-1-3-5-14/h1-5,15-16H,6-13H2,(H,20,23)/t15-,16+/m0/s1. The van der Waals surface area contributed by atoms with E-state index in [1.165, 1.54) is 5.56 Å². The van der Waals surface area contributed by atoms with Crippen LogP contribution in [0.4, 0.5) is 0 Å². The van der Waals surface area contributed by atoms with E-state index in [2.05, 4.69) is 17.4 Å². The van der Waals surface area contributed by atoms with E-state index in [0.29, 0.717) is 32.8 Å². The average Bonchev–Trinajstić information content (AvgIpc) is 3.26. The zero-order valence-corrected chi connectivity index (χ0v) is 13.9. The Balaban J connectivity index is 1.49. The molecule has 1 aromatic rings. The highest BCUT2D eigenvalue weighted by molar-refractivity contribution is 5.87. The summed E-state index contributed by atoms with van der Waals surface area (Å²) < 4.78 is 5.34. The van der Waals surface area contributed by atoms with Gasteiger partial charge in [-0.15, -0.1) is 0 Å². The molecule has 1 aromatic carbocycles. The van der Waals surface area contributed by atoms with E-state index in [9.17, 15) is 9.59 Å². The molecule has 0 aromatic heterocycles. The predicted molar refractivity (Wildman–Crippen MR) is 89.4 cm³/mol. The van der Waals surface area contributed by atoms with Gasteiger partial charge >= 0.3 is 0 Å². The van der Waals surface area contributed by atoms with Gasteiger partial charge in [0.1, 0.15) is 0 Å². The van der Waals surface area contributed by atoms with E-state index in [1.54, 1.807) is 0 Å². The van der Waals surface area contributed by atoms with Crippen molar-refractivity contribution >= 4 is 11.8 Å². The second-order valence-electron chi connectivity index (χ2n) is 7.22. The Labute approximate surface area is 142 Å². The monoisotopic (exact) mass is 328 g/mol. The number of amides is 2. The molecule has 3 aliphatic rings. The molecule has 0 aliphatic carbocycles. The van der Waals surface area contributed by atoms with E-state index in [4.69, 9.17) is 4.74 Å². The van der Waals surface area contributed by atoms with Gasteiger partial charge in [0.15, 0.2) is 0 Å². The summed E-state index contributed by atoms with van der Waals surface area (Å²) in [5.41, 5.74) is 0.865. The van der Waals surface area contributed by atoms with Gasteiger partial charge in [-0.3, -0.25) is 9.59 Å². The molecular weight excluding hydrogens is 304 g/mol. The summed E-state index contributed by atoms with van der Waals surface area (Å²) in [4.78, 5) is 27.2. The van der Waals surface area contributed by atoms with Crippen molar-refractivity contribution in [2.75, 3.05) is 32.8 Å². The number of benzene rings is 1. The van der Waals surface area contributed by atoms with Gasteiger partial charge in [-0.25, -0.2) is 0 Å². The summed E-state index contributed by atoms with van der Waals surface area (Å²) >= 11 is 0. The van der Waals surface area contributed by atoms with Gasteiger partial charge in [0.05, 0.1) is 17.9 Å². The Kier molecular flexibility index (Phi) is 4.04. The third-order valence-electron chi connectivity index (χ3n) is 6.03. The Morgan fingerprint density at radius 1 is 1.21 bits per heavy atom. The Bertz CT molecular complexity index is 617. The molecule has 1 N–H and O–H groups in total. The maximum atomic E-state index is 12.6. The highest BCUT2D eigenvalue weighted by atomic mass is 16.5. The number of hydrogen-bond acceptors (Lipinski definition) is 3. The first-order valence-electron chi connectivity index (χ1n) is 8.90.